The Hall–Kier alpha value is -1.96. The molecule has 2 heterocycles. The molecule has 1 amide bonds. The number of thiophene rings is 1. The topological polar surface area (TPSA) is 101 Å². The van der Waals surface area contributed by atoms with Gasteiger partial charge in [-0.3, -0.25) is 19.7 Å². The zero-order chi connectivity index (χ0) is 14.9. The second-order valence-corrected chi connectivity index (χ2v) is 5.98. The smallest absolute Gasteiger partial charge is 0.324 e. The monoisotopic (exact) mass is 298 g/mol. The van der Waals surface area contributed by atoms with Crippen molar-refractivity contribution in [1.29, 1.82) is 0 Å². The third-order valence-electron chi connectivity index (χ3n) is 3.68. The molecule has 1 aromatic heterocycles. The molecule has 1 aliphatic rings. The maximum atomic E-state index is 12.2. The number of hydrogen-bond acceptors (Lipinski definition) is 5. The maximum absolute atomic E-state index is 12.2. The van der Waals surface area contributed by atoms with Crippen molar-refractivity contribution in [3.63, 3.8) is 0 Å². The van der Waals surface area contributed by atoms with Gasteiger partial charge in [-0.05, 0) is 19.8 Å². The van der Waals surface area contributed by atoms with Crippen molar-refractivity contribution in [3.8, 4) is 0 Å². The van der Waals surface area contributed by atoms with Crippen LogP contribution < -0.4 is 0 Å². The first kappa shape index (κ1) is 14.4. The van der Waals surface area contributed by atoms with Crippen LogP contribution in [-0.4, -0.2) is 39.9 Å². The van der Waals surface area contributed by atoms with E-state index in [0.717, 1.165) is 11.3 Å². The molecule has 0 spiro atoms. The molecule has 0 bridgehead atoms. The number of likely N-dealkylation sites (tertiary alicyclic amines) is 1. The normalized spacial score (nSPS) is 17.8. The quantitative estimate of drug-likeness (QED) is 0.679. The van der Waals surface area contributed by atoms with Gasteiger partial charge in [0.25, 0.3) is 5.91 Å². The number of carboxylic acids is 1. The van der Waals surface area contributed by atoms with Crippen LogP contribution in [0, 0.1) is 15.5 Å². The molecule has 1 N–H and O–H groups in total. The van der Waals surface area contributed by atoms with E-state index in [4.69, 9.17) is 5.11 Å². The molecule has 1 saturated heterocycles. The highest BCUT2D eigenvalue weighted by Crippen LogP contribution is 2.32. The van der Waals surface area contributed by atoms with Gasteiger partial charge in [-0.25, -0.2) is 0 Å². The number of nitro groups is 1. The second-order valence-electron chi connectivity index (χ2n) is 5.09. The predicted molar refractivity (Wildman–Crippen MR) is 71.9 cm³/mol. The predicted octanol–water partition coefficient (Wildman–Crippen LogP) is 1.98. The highest BCUT2D eigenvalue weighted by atomic mass is 32.1. The van der Waals surface area contributed by atoms with Crippen molar-refractivity contribution in [2.24, 2.45) is 5.41 Å². The van der Waals surface area contributed by atoms with Crippen LogP contribution in [0.1, 0.15) is 30.1 Å². The summed E-state index contributed by atoms with van der Waals surface area (Å²) in [5.74, 6) is -1.13. The molecule has 0 saturated carbocycles. The fraction of sp³-hybridized carbons (Fsp3) is 0.500. The number of amides is 1. The Bertz CT molecular complexity index is 560. The summed E-state index contributed by atoms with van der Waals surface area (Å²) in [5, 5.41) is 21.1. The summed E-state index contributed by atoms with van der Waals surface area (Å²) < 4.78 is 0. The van der Waals surface area contributed by atoms with Crippen LogP contribution in [0.2, 0.25) is 0 Å². The number of nitrogens with zero attached hydrogens (tertiary/aromatic N) is 2. The van der Waals surface area contributed by atoms with Crippen molar-refractivity contribution in [1.82, 2.24) is 4.90 Å². The van der Waals surface area contributed by atoms with Crippen LogP contribution in [0.15, 0.2) is 11.4 Å². The molecular weight excluding hydrogens is 284 g/mol. The van der Waals surface area contributed by atoms with Crippen molar-refractivity contribution >= 4 is 28.2 Å². The molecule has 108 valence electrons. The Morgan fingerprint density at radius 2 is 2.05 bits per heavy atom. The minimum Gasteiger partial charge on any atom is -0.481 e. The van der Waals surface area contributed by atoms with Crippen LogP contribution in [0.5, 0.6) is 0 Å². The highest BCUT2D eigenvalue weighted by Gasteiger charge is 2.38. The average Bonchev–Trinajstić information content (AvgIpc) is 2.88. The first-order valence-corrected chi connectivity index (χ1v) is 6.97. The lowest BCUT2D eigenvalue weighted by Gasteiger charge is -2.36. The molecule has 0 radical (unpaired) electrons. The van der Waals surface area contributed by atoms with E-state index in [2.05, 4.69) is 0 Å². The minimum atomic E-state index is -0.851. The summed E-state index contributed by atoms with van der Waals surface area (Å²) in [6.07, 6.45) is 0.778. The van der Waals surface area contributed by atoms with Gasteiger partial charge < -0.3 is 10.0 Å². The summed E-state index contributed by atoms with van der Waals surface area (Å²) in [4.78, 5) is 34.9. The molecule has 1 fully saturated rings. The minimum absolute atomic E-state index is 0.0688. The average molecular weight is 298 g/mol. The Labute approximate surface area is 119 Å². The standard InChI is InChI=1S/C12H14N2O5S/c1-12(11(16)17)2-4-13(5-3-12)10(15)8-6-9(14(18)19)20-7-8/h6-7H,2-5H2,1H3,(H,16,17). The lowest BCUT2D eigenvalue weighted by Crippen LogP contribution is -2.45. The highest BCUT2D eigenvalue weighted by molar-refractivity contribution is 7.13. The van der Waals surface area contributed by atoms with E-state index in [-0.39, 0.29) is 10.9 Å². The molecule has 1 aliphatic heterocycles. The third kappa shape index (κ3) is 2.64. The van der Waals surface area contributed by atoms with Gasteiger partial charge in [0.05, 0.1) is 15.9 Å². The lowest BCUT2D eigenvalue weighted by atomic mass is 9.80. The first-order chi connectivity index (χ1) is 9.33. The number of carbonyl (C=O) groups is 2. The van der Waals surface area contributed by atoms with E-state index >= 15 is 0 Å². The largest absolute Gasteiger partial charge is 0.481 e. The van der Waals surface area contributed by atoms with Crippen molar-refractivity contribution in [3.05, 3.63) is 27.1 Å². The number of aliphatic carboxylic acids is 1. The number of piperidine rings is 1. The van der Waals surface area contributed by atoms with Crippen molar-refractivity contribution in [2.45, 2.75) is 19.8 Å². The molecule has 0 atom stereocenters. The molecule has 0 aromatic carbocycles. The van der Waals surface area contributed by atoms with E-state index in [0.29, 0.717) is 31.5 Å². The van der Waals surface area contributed by atoms with Crippen molar-refractivity contribution in [2.75, 3.05) is 13.1 Å². The zero-order valence-electron chi connectivity index (χ0n) is 10.9. The summed E-state index contributed by atoms with van der Waals surface area (Å²) >= 11 is 0.914. The van der Waals surface area contributed by atoms with Gasteiger partial charge in [0.1, 0.15) is 0 Å². The summed E-state index contributed by atoms with van der Waals surface area (Å²) in [5.41, 5.74) is -0.502. The Morgan fingerprint density at radius 3 is 2.50 bits per heavy atom. The van der Waals surface area contributed by atoms with Gasteiger partial charge in [-0.1, -0.05) is 11.3 Å². The van der Waals surface area contributed by atoms with Gasteiger partial charge in [-0.15, -0.1) is 0 Å². The SMILES string of the molecule is CC1(C(=O)O)CCN(C(=O)c2csc([N+](=O)[O-])c2)CC1. The molecular formula is C12H14N2O5S. The van der Waals surface area contributed by atoms with Gasteiger partial charge >= 0.3 is 11.0 Å². The Morgan fingerprint density at radius 1 is 1.45 bits per heavy atom. The Balaban J connectivity index is 2.04. The first-order valence-electron chi connectivity index (χ1n) is 6.09. The number of carboxylic acid groups (broad SMARTS) is 1. The van der Waals surface area contributed by atoms with E-state index in [1.807, 2.05) is 0 Å². The summed E-state index contributed by atoms with van der Waals surface area (Å²) in [6, 6.07) is 1.26. The second kappa shape index (κ2) is 5.20. The molecule has 2 rings (SSSR count). The van der Waals surface area contributed by atoms with E-state index in [1.54, 1.807) is 11.8 Å². The van der Waals surface area contributed by atoms with E-state index in [1.165, 1.54) is 11.4 Å². The molecule has 1 aromatic rings. The molecule has 0 unspecified atom stereocenters. The molecule has 8 heteroatoms. The van der Waals surface area contributed by atoms with Gasteiger partial charge in [0, 0.05) is 24.5 Å². The molecule has 0 aliphatic carbocycles. The van der Waals surface area contributed by atoms with Gasteiger partial charge in [-0.2, -0.15) is 0 Å². The van der Waals surface area contributed by atoms with Gasteiger partial charge in [0.2, 0.25) is 0 Å². The number of rotatable bonds is 3. The number of hydrogen-bond donors (Lipinski definition) is 1. The van der Waals surface area contributed by atoms with Crippen LogP contribution in [0.4, 0.5) is 5.00 Å². The van der Waals surface area contributed by atoms with Gasteiger partial charge in [0.15, 0.2) is 0 Å². The maximum Gasteiger partial charge on any atom is 0.324 e. The van der Waals surface area contributed by atoms with E-state index < -0.39 is 16.3 Å². The molecule has 20 heavy (non-hydrogen) atoms. The fourth-order valence-electron chi connectivity index (χ4n) is 2.13. The van der Waals surface area contributed by atoms with Crippen LogP contribution in [-0.2, 0) is 4.79 Å². The number of carbonyl (C=O) groups excluding carboxylic acids is 1. The van der Waals surface area contributed by atoms with Crippen LogP contribution in [0.3, 0.4) is 0 Å². The summed E-state index contributed by atoms with van der Waals surface area (Å²) in [7, 11) is 0. The molecule has 7 nitrogen and oxygen atoms in total. The zero-order valence-corrected chi connectivity index (χ0v) is 11.7. The fourth-order valence-corrected chi connectivity index (χ4v) is 2.83. The Kier molecular flexibility index (Phi) is 3.76. The van der Waals surface area contributed by atoms with E-state index in [9.17, 15) is 19.7 Å². The van der Waals surface area contributed by atoms with Crippen molar-refractivity contribution < 1.29 is 19.6 Å². The van der Waals surface area contributed by atoms with Crippen LogP contribution >= 0.6 is 11.3 Å². The third-order valence-corrected chi connectivity index (χ3v) is 4.56. The van der Waals surface area contributed by atoms with Crippen LogP contribution in [0.25, 0.3) is 0 Å². The summed E-state index contributed by atoms with van der Waals surface area (Å²) in [6.45, 7) is 2.38. The lowest BCUT2D eigenvalue weighted by molar-refractivity contribution is -0.380.